The Kier molecular flexibility index (Phi) is 3.53. The predicted octanol–water partition coefficient (Wildman–Crippen LogP) is 5.28. The van der Waals surface area contributed by atoms with Gasteiger partial charge in [0.1, 0.15) is 5.78 Å². The summed E-state index contributed by atoms with van der Waals surface area (Å²) in [5.41, 5.74) is 9.16. The second kappa shape index (κ2) is 5.24. The van der Waals surface area contributed by atoms with Crippen molar-refractivity contribution in [3.63, 3.8) is 0 Å². The molecule has 0 radical (unpaired) electrons. The standard InChI is InChI=1S/C19H29N3O/c1-18-9-7-13(21-22-20)11-12(18)3-4-14-15-5-6-17(23)19(15,2)10-8-16(14)18/h12-16H,3-11H2,1-2H3/t12-,13+,14-,15+,16-,18-,19-/m0/s1. The molecular weight excluding hydrogens is 286 g/mol. The molecule has 4 saturated carbocycles. The van der Waals surface area contributed by atoms with Crippen LogP contribution in [-0.2, 0) is 4.79 Å². The number of rotatable bonds is 1. The number of Topliss-reactive ketones (excluding diaryl/α,β-unsaturated/α-hetero) is 1. The van der Waals surface area contributed by atoms with Crippen molar-refractivity contribution >= 4 is 5.78 Å². The monoisotopic (exact) mass is 315 g/mol. The zero-order valence-corrected chi connectivity index (χ0v) is 14.5. The Bertz CT molecular complexity index is 569. The summed E-state index contributed by atoms with van der Waals surface area (Å²) in [6.07, 6.45) is 10.2. The van der Waals surface area contributed by atoms with Crippen molar-refractivity contribution in [3.05, 3.63) is 10.4 Å². The van der Waals surface area contributed by atoms with Gasteiger partial charge in [0, 0.05) is 22.8 Å². The van der Waals surface area contributed by atoms with Gasteiger partial charge in [0.15, 0.2) is 0 Å². The maximum atomic E-state index is 12.4. The maximum Gasteiger partial charge on any atom is 0.139 e. The molecule has 0 spiro atoms. The van der Waals surface area contributed by atoms with Crippen LogP contribution in [0.2, 0.25) is 0 Å². The van der Waals surface area contributed by atoms with Gasteiger partial charge in [-0.15, -0.1) is 0 Å². The lowest BCUT2D eigenvalue weighted by Gasteiger charge is -2.60. The highest BCUT2D eigenvalue weighted by Crippen LogP contribution is 2.65. The van der Waals surface area contributed by atoms with Gasteiger partial charge >= 0.3 is 0 Å². The maximum absolute atomic E-state index is 12.4. The van der Waals surface area contributed by atoms with E-state index in [1.165, 1.54) is 25.7 Å². The van der Waals surface area contributed by atoms with E-state index in [9.17, 15) is 4.79 Å². The van der Waals surface area contributed by atoms with Crippen LogP contribution in [0.3, 0.4) is 0 Å². The average Bonchev–Trinajstić information content (AvgIpc) is 2.84. The van der Waals surface area contributed by atoms with Crippen LogP contribution in [-0.4, -0.2) is 11.8 Å². The molecule has 0 N–H and O–H groups in total. The first kappa shape index (κ1) is 15.5. The van der Waals surface area contributed by atoms with Gasteiger partial charge in [0.25, 0.3) is 0 Å². The fraction of sp³-hybridized carbons (Fsp3) is 0.947. The normalized spacial score (nSPS) is 52.1. The first-order valence-corrected chi connectivity index (χ1v) is 9.56. The molecule has 126 valence electrons. The number of fused-ring (bicyclic) bond motifs is 5. The van der Waals surface area contributed by atoms with Crippen LogP contribution in [0.1, 0.15) is 71.6 Å². The summed E-state index contributed by atoms with van der Waals surface area (Å²) < 4.78 is 0. The van der Waals surface area contributed by atoms with E-state index in [0.717, 1.165) is 49.9 Å². The smallest absolute Gasteiger partial charge is 0.139 e. The van der Waals surface area contributed by atoms with Crippen molar-refractivity contribution in [2.24, 2.45) is 39.6 Å². The lowest BCUT2D eigenvalue weighted by molar-refractivity contribution is -0.139. The van der Waals surface area contributed by atoms with Gasteiger partial charge in [-0.3, -0.25) is 4.79 Å². The van der Waals surface area contributed by atoms with E-state index in [1.807, 2.05) is 0 Å². The molecule has 0 bridgehead atoms. The zero-order chi connectivity index (χ0) is 16.2. The number of carbonyl (C=O) groups is 1. The molecule has 4 aliphatic carbocycles. The van der Waals surface area contributed by atoms with Crippen molar-refractivity contribution in [2.45, 2.75) is 77.7 Å². The van der Waals surface area contributed by atoms with E-state index in [4.69, 9.17) is 5.53 Å². The molecule has 0 aromatic carbocycles. The zero-order valence-electron chi connectivity index (χ0n) is 14.5. The van der Waals surface area contributed by atoms with Gasteiger partial charge in [0.05, 0.1) is 0 Å². The Morgan fingerprint density at radius 2 is 1.91 bits per heavy atom. The van der Waals surface area contributed by atoms with Crippen LogP contribution in [0, 0.1) is 34.5 Å². The predicted molar refractivity (Wildman–Crippen MR) is 89.7 cm³/mol. The lowest BCUT2D eigenvalue weighted by atomic mass is 9.45. The van der Waals surface area contributed by atoms with E-state index < -0.39 is 0 Å². The fourth-order valence-electron chi connectivity index (χ4n) is 7.18. The Morgan fingerprint density at radius 1 is 1.09 bits per heavy atom. The third-order valence-corrected chi connectivity index (χ3v) is 8.56. The van der Waals surface area contributed by atoms with Gasteiger partial charge in [-0.25, -0.2) is 0 Å². The Labute approximate surface area is 139 Å². The molecule has 0 aromatic rings. The molecule has 0 heterocycles. The molecule has 0 aromatic heterocycles. The Hall–Kier alpha value is -1.02. The van der Waals surface area contributed by atoms with Crippen molar-refractivity contribution in [2.75, 3.05) is 0 Å². The minimum Gasteiger partial charge on any atom is -0.299 e. The first-order valence-electron chi connectivity index (χ1n) is 9.56. The molecule has 4 fully saturated rings. The number of hydrogen-bond donors (Lipinski definition) is 0. The van der Waals surface area contributed by atoms with Crippen LogP contribution >= 0.6 is 0 Å². The minimum absolute atomic E-state index is 0.00727. The number of nitrogens with zero attached hydrogens (tertiary/aromatic N) is 3. The summed E-state index contributed by atoms with van der Waals surface area (Å²) in [7, 11) is 0. The Balaban J connectivity index is 1.59. The van der Waals surface area contributed by atoms with E-state index in [1.54, 1.807) is 0 Å². The molecule has 0 aliphatic heterocycles. The number of hydrogen-bond acceptors (Lipinski definition) is 2. The minimum atomic E-state index is -0.00727. The highest BCUT2D eigenvalue weighted by Gasteiger charge is 2.60. The van der Waals surface area contributed by atoms with E-state index >= 15 is 0 Å². The average molecular weight is 315 g/mol. The SMILES string of the molecule is C[C@]12CC[C@@H](N=[N+]=[N-])C[C@@H]1CC[C@H]1[C@H]3CCC(=O)[C@@]3(C)CC[C@@H]12. The quantitative estimate of drug-likeness (QED) is 0.369. The van der Waals surface area contributed by atoms with Gasteiger partial charge in [0.2, 0.25) is 0 Å². The molecule has 0 saturated heterocycles. The van der Waals surface area contributed by atoms with Crippen molar-refractivity contribution in [1.29, 1.82) is 0 Å². The van der Waals surface area contributed by atoms with Crippen LogP contribution in [0.25, 0.3) is 10.4 Å². The van der Waals surface area contributed by atoms with Gasteiger partial charge in [-0.1, -0.05) is 19.0 Å². The van der Waals surface area contributed by atoms with Crippen molar-refractivity contribution in [1.82, 2.24) is 0 Å². The van der Waals surface area contributed by atoms with Crippen molar-refractivity contribution in [3.8, 4) is 0 Å². The largest absolute Gasteiger partial charge is 0.299 e. The molecule has 0 unspecified atom stereocenters. The molecule has 4 aliphatic rings. The first-order chi connectivity index (χ1) is 11.0. The van der Waals surface area contributed by atoms with Crippen LogP contribution in [0.5, 0.6) is 0 Å². The number of ketones is 1. The molecule has 4 heteroatoms. The van der Waals surface area contributed by atoms with E-state index in [-0.39, 0.29) is 11.5 Å². The highest BCUT2D eigenvalue weighted by atomic mass is 16.1. The Morgan fingerprint density at radius 3 is 2.70 bits per heavy atom. The highest BCUT2D eigenvalue weighted by molar-refractivity contribution is 5.87. The molecular formula is C19H29N3O. The summed E-state index contributed by atoms with van der Waals surface area (Å²) in [5.74, 6) is 3.45. The van der Waals surface area contributed by atoms with E-state index in [0.29, 0.717) is 17.1 Å². The van der Waals surface area contributed by atoms with Gasteiger partial charge in [-0.05, 0) is 86.0 Å². The number of azide groups is 1. The molecule has 23 heavy (non-hydrogen) atoms. The third kappa shape index (κ3) is 2.10. The van der Waals surface area contributed by atoms with Gasteiger partial charge in [-0.2, -0.15) is 0 Å². The molecule has 7 atom stereocenters. The topological polar surface area (TPSA) is 65.8 Å². The van der Waals surface area contributed by atoms with Crippen LogP contribution < -0.4 is 0 Å². The van der Waals surface area contributed by atoms with Crippen LogP contribution in [0.4, 0.5) is 0 Å². The fourth-order valence-corrected chi connectivity index (χ4v) is 7.18. The second-order valence-corrected chi connectivity index (χ2v) is 9.21. The molecule has 4 nitrogen and oxygen atoms in total. The number of carbonyl (C=O) groups excluding carboxylic acids is 1. The second-order valence-electron chi connectivity index (χ2n) is 9.21. The van der Waals surface area contributed by atoms with Crippen LogP contribution in [0.15, 0.2) is 5.11 Å². The lowest BCUT2D eigenvalue weighted by Crippen LogP contribution is -2.53. The third-order valence-electron chi connectivity index (χ3n) is 8.56. The van der Waals surface area contributed by atoms with Crippen molar-refractivity contribution < 1.29 is 4.79 Å². The van der Waals surface area contributed by atoms with E-state index in [2.05, 4.69) is 23.9 Å². The molecule has 4 rings (SSSR count). The summed E-state index contributed by atoms with van der Waals surface area (Å²) in [6, 6.07) is 0.219. The van der Waals surface area contributed by atoms with Gasteiger partial charge < -0.3 is 0 Å². The summed E-state index contributed by atoms with van der Waals surface area (Å²) in [5, 5.41) is 4.02. The summed E-state index contributed by atoms with van der Waals surface area (Å²) >= 11 is 0. The summed E-state index contributed by atoms with van der Waals surface area (Å²) in [6.45, 7) is 4.77. The summed E-state index contributed by atoms with van der Waals surface area (Å²) in [4.78, 5) is 15.5. The molecule has 0 amide bonds.